The zero-order valence-electron chi connectivity index (χ0n) is 18.9. The van der Waals surface area contributed by atoms with Gasteiger partial charge in [0.15, 0.2) is 0 Å². The zero-order chi connectivity index (χ0) is 23.2. The topological polar surface area (TPSA) is 61.3 Å². The number of rotatable bonds is 3. The molecule has 0 aliphatic carbocycles. The van der Waals surface area contributed by atoms with Crippen LogP contribution in [0, 0.1) is 0 Å². The van der Waals surface area contributed by atoms with E-state index in [9.17, 15) is 9.59 Å². The summed E-state index contributed by atoms with van der Waals surface area (Å²) in [6, 6.07) is 16.6. The van der Waals surface area contributed by atoms with Crippen LogP contribution in [0.1, 0.15) is 41.4 Å². The maximum atomic E-state index is 13.2. The van der Waals surface area contributed by atoms with E-state index in [0.29, 0.717) is 15.9 Å². The maximum absolute atomic E-state index is 13.2. The molecule has 0 bridgehead atoms. The largest absolute Gasteiger partial charge is 0.338 e. The van der Waals surface area contributed by atoms with Crippen LogP contribution in [0.5, 0.6) is 0 Å². The van der Waals surface area contributed by atoms with E-state index in [1.54, 1.807) is 0 Å². The molecule has 2 aliphatic rings. The Morgan fingerprint density at radius 3 is 2.35 bits per heavy atom. The maximum Gasteiger partial charge on any atom is 0.326 e. The molecule has 2 aliphatic heterocycles. The van der Waals surface area contributed by atoms with Crippen molar-refractivity contribution >= 4 is 50.0 Å². The van der Waals surface area contributed by atoms with Crippen molar-refractivity contribution in [1.82, 2.24) is 19.4 Å². The second-order valence-electron chi connectivity index (χ2n) is 9.35. The first-order valence-corrected chi connectivity index (χ1v) is 13.2. The number of aromatic nitrogens is 2. The molecule has 0 saturated carbocycles. The SMILES string of the molecule is O=C(c1sc2ccccc2c1Cl)N1CCC(N2CCC(n3c(=O)[nH]c4ccccc43)CC2)CC1. The Bertz CT molecular complexity index is 1410. The highest BCUT2D eigenvalue weighted by molar-refractivity contribution is 7.21. The summed E-state index contributed by atoms with van der Waals surface area (Å²) in [4.78, 5) is 33.9. The highest BCUT2D eigenvalue weighted by atomic mass is 35.5. The summed E-state index contributed by atoms with van der Waals surface area (Å²) in [6.07, 6.45) is 3.90. The third-order valence-electron chi connectivity index (χ3n) is 7.49. The van der Waals surface area contributed by atoms with Gasteiger partial charge in [0.25, 0.3) is 5.91 Å². The number of fused-ring (bicyclic) bond motifs is 2. The number of carbonyl (C=O) groups excluding carboxylic acids is 1. The Hall–Kier alpha value is -2.61. The standard InChI is InChI=1S/C26H27ClN4O2S/c27-23-19-5-1-4-8-22(19)34-24(23)25(32)30-15-9-17(10-16-30)29-13-11-18(12-14-29)31-21-7-3-2-6-20(21)28-26(31)33/h1-8,17-18H,9-16H2,(H,28,33). The number of para-hydroxylation sites is 2. The minimum atomic E-state index is -0.00799. The lowest BCUT2D eigenvalue weighted by molar-refractivity contribution is 0.0562. The summed E-state index contributed by atoms with van der Waals surface area (Å²) in [5.41, 5.74) is 1.90. The molecular formula is C26H27ClN4O2S. The predicted molar refractivity (Wildman–Crippen MR) is 138 cm³/mol. The van der Waals surface area contributed by atoms with Gasteiger partial charge in [-0.05, 0) is 43.9 Å². The number of aromatic amines is 1. The van der Waals surface area contributed by atoms with Crippen molar-refractivity contribution in [3.05, 3.63) is 68.9 Å². The van der Waals surface area contributed by atoms with Crippen LogP contribution in [0.25, 0.3) is 21.1 Å². The van der Waals surface area contributed by atoms with E-state index in [-0.39, 0.29) is 17.6 Å². The van der Waals surface area contributed by atoms with Crippen LogP contribution in [-0.2, 0) is 0 Å². The molecule has 2 saturated heterocycles. The molecule has 1 N–H and O–H groups in total. The average molecular weight is 495 g/mol. The number of hydrogen-bond donors (Lipinski definition) is 1. The molecule has 6 rings (SSSR count). The Balaban J connectivity index is 1.08. The molecule has 2 fully saturated rings. The Labute approximate surface area is 206 Å². The molecule has 2 aromatic heterocycles. The summed E-state index contributed by atoms with van der Waals surface area (Å²) in [6.45, 7) is 3.49. The summed E-state index contributed by atoms with van der Waals surface area (Å²) in [5, 5.41) is 1.55. The van der Waals surface area contributed by atoms with E-state index in [0.717, 1.165) is 73.0 Å². The van der Waals surface area contributed by atoms with Crippen LogP contribution in [0.4, 0.5) is 0 Å². The molecular weight excluding hydrogens is 468 g/mol. The predicted octanol–water partition coefficient (Wildman–Crippen LogP) is 5.14. The summed E-state index contributed by atoms with van der Waals surface area (Å²) in [5.74, 6) is 0.0575. The lowest BCUT2D eigenvalue weighted by Crippen LogP contribution is -2.49. The first-order valence-electron chi connectivity index (χ1n) is 12.0. The van der Waals surface area contributed by atoms with Crippen LogP contribution in [-0.4, -0.2) is 57.5 Å². The van der Waals surface area contributed by atoms with Crippen molar-refractivity contribution in [2.45, 2.75) is 37.8 Å². The first-order chi connectivity index (χ1) is 16.6. The van der Waals surface area contributed by atoms with Crippen molar-refractivity contribution in [2.75, 3.05) is 26.2 Å². The van der Waals surface area contributed by atoms with Gasteiger partial charge in [-0.1, -0.05) is 41.9 Å². The van der Waals surface area contributed by atoms with Crippen molar-refractivity contribution in [3.63, 3.8) is 0 Å². The van der Waals surface area contributed by atoms with E-state index in [1.165, 1.54) is 11.3 Å². The van der Waals surface area contributed by atoms with Gasteiger partial charge in [0, 0.05) is 48.3 Å². The Kier molecular flexibility index (Phi) is 5.71. The lowest BCUT2D eigenvalue weighted by atomic mass is 9.97. The molecule has 8 heteroatoms. The fourth-order valence-corrected chi connectivity index (χ4v) is 7.16. The number of piperidine rings is 2. The number of carbonyl (C=O) groups is 1. The highest BCUT2D eigenvalue weighted by Crippen LogP contribution is 2.36. The third-order valence-corrected chi connectivity index (χ3v) is 9.15. The van der Waals surface area contributed by atoms with E-state index < -0.39 is 0 Å². The normalized spacial score (nSPS) is 18.8. The molecule has 34 heavy (non-hydrogen) atoms. The van der Waals surface area contributed by atoms with Crippen molar-refractivity contribution in [2.24, 2.45) is 0 Å². The van der Waals surface area contributed by atoms with Gasteiger partial charge in [0.1, 0.15) is 4.88 Å². The van der Waals surface area contributed by atoms with Gasteiger partial charge in [0.05, 0.1) is 16.1 Å². The molecule has 6 nitrogen and oxygen atoms in total. The average Bonchev–Trinajstić information content (AvgIpc) is 3.40. The number of thiophene rings is 1. The summed E-state index contributed by atoms with van der Waals surface area (Å²) in [7, 11) is 0. The molecule has 0 radical (unpaired) electrons. The van der Waals surface area contributed by atoms with E-state index >= 15 is 0 Å². The van der Waals surface area contributed by atoms with Crippen LogP contribution >= 0.6 is 22.9 Å². The molecule has 176 valence electrons. The number of amides is 1. The van der Waals surface area contributed by atoms with Crippen molar-refractivity contribution in [3.8, 4) is 0 Å². The third kappa shape index (κ3) is 3.76. The number of hydrogen-bond acceptors (Lipinski definition) is 4. The fraction of sp³-hybridized carbons (Fsp3) is 0.385. The molecule has 1 amide bonds. The first kappa shape index (κ1) is 21.9. The number of halogens is 1. The molecule has 0 spiro atoms. The van der Waals surface area contributed by atoms with Crippen molar-refractivity contribution in [1.29, 1.82) is 0 Å². The molecule has 0 unspecified atom stereocenters. The monoisotopic (exact) mass is 494 g/mol. The number of imidazole rings is 1. The van der Waals surface area contributed by atoms with Crippen LogP contribution in [0.2, 0.25) is 5.02 Å². The van der Waals surface area contributed by atoms with Gasteiger partial charge in [-0.15, -0.1) is 11.3 Å². The Morgan fingerprint density at radius 2 is 1.59 bits per heavy atom. The lowest BCUT2D eigenvalue weighted by Gasteiger charge is -2.42. The second kappa shape index (κ2) is 8.87. The van der Waals surface area contributed by atoms with Gasteiger partial charge in [0.2, 0.25) is 0 Å². The number of nitrogens with zero attached hydrogens (tertiary/aromatic N) is 3. The highest BCUT2D eigenvalue weighted by Gasteiger charge is 2.32. The minimum absolute atomic E-state index is 0.00799. The van der Waals surface area contributed by atoms with E-state index in [1.807, 2.05) is 58.0 Å². The minimum Gasteiger partial charge on any atom is -0.338 e. The van der Waals surface area contributed by atoms with Gasteiger partial charge in [-0.25, -0.2) is 4.79 Å². The number of likely N-dealkylation sites (tertiary alicyclic amines) is 2. The molecule has 0 atom stereocenters. The van der Waals surface area contributed by atoms with Gasteiger partial charge in [-0.3, -0.25) is 9.36 Å². The molecule has 2 aromatic carbocycles. The number of nitrogens with one attached hydrogen (secondary N) is 1. The fourth-order valence-electron chi connectivity index (χ4n) is 5.68. The van der Waals surface area contributed by atoms with Gasteiger partial charge in [-0.2, -0.15) is 0 Å². The van der Waals surface area contributed by atoms with Crippen LogP contribution in [0.3, 0.4) is 0 Å². The van der Waals surface area contributed by atoms with E-state index in [4.69, 9.17) is 11.6 Å². The summed E-state index contributed by atoms with van der Waals surface area (Å²) >= 11 is 8.04. The number of benzene rings is 2. The molecule has 4 aromatic rings. The number of H-pyrrole nitrogens is 1. The zero-order valence-corrected chi connectivity index (χ0v) is 20.4. The Morgan fingerprint density at radius 1 is 0.912 bits per heavy atom. The van der Waals surface area contributed by atoms with Crippen molar-refractivity contribution < 1.29 is 4.79 Å². The van der Waals surface area contributed by atoms with E-state index in [2.05, 4.69) is 9.88 Å². The molecule has 4 heterocycles. The van der Waals surface area contributed by atoms with Gasteiger partial charge >= 0.3 is 5.69 Å². The quantitative estimate of drug-likeness (QED) is 0.429. The van der Waals surface area contributed by atoms with Crippen LogP contribution in [0.15, 0.2) is 53.3 Å². The smallest absolute Gasteiger partial charge is 0.326 e. The van der Waals surface area contributed by atoms with Crippen LogP contribution < -0.4 is 5.69 Å². The second-order valence-corrected chi connectivity index (χ2v) is 10.8. The van der Waals surface area contributed by atoms with Gasteiger partial charge < -0.3 is 14.8 Å². The summed E-state index contributed by atoms with van der Waals surface area (Å²) < 4.78 is 3.01.